The van der Waals surface area contributed by atoms with Crippen LogP contribution in [0.3, 0.4) is 0 Å². The van der Waals surface area contributed by atoms with Crippen LogP contribution in [0.1, 0.15) is 24.4 Å². The summed E-state index contributed by atoms with van der Waals surface area (Å²) in [5, 5.41) is 6.85. The van der Waals surface area contributed by atoms with Gasteiger partial charge < -0.3 is 10.2 Å². The van der Waals surface area contributed by atoms with E-state index < -0.39 is 12.0 Å². The summed E-state index contributed by atoms with van der Waals surface area (Å²) in [6, 6.07) is 5.57. The van der Waals surface area contributed by atoms with Crippen LogP contribution >= 0.6 is 0 Å². The summed E-state index contributed by atoms with van der Waals surface area (Å²) in [5.41, 5.74) is 1.22. The Morgan fingerprint density at radius 1 is 1.38 bits per heavy atom. The normalized spacial score (nSPS) is 21.0. The highest BCUT2D eigenvalue weighted by molar-refractivity contribution is 5.94. The average Bonchev–Trinajstić information content (AvgIpc) is 2.94. The number of hydrogen-bond acceptors (Lipinski definition) is 3. The number of hydrogen-bond donors (Lipinski definition) is 1. The number of anilines is 1. The summed E-state index contributed by atoms with van der Waals surface area (Å²) in [4.78, 5) is 26.3. The molecule has 1 saturated heterocycles. The standard InChI is InChI=1S/C17H19FN4O2/c1-21-10-13(9-19-21)20-17(24)14-6-7-15(23)22(2)16(14)11-4-3-5-12(18)8-11/h3-5,8-10,14,16H,6-7H2,1-2H3,(H,20,24)/t14-,16-/m0/s1. The number of rotatable bonds is 3. The van der Waals surface area contributed by atoms with Crippen LogP contribution in [0, 0.1) is 11.7 Å². The van der Waals surface area contributed by atoms with Crippen molar-refractivity contribution in [2.75, 3.05) is 12.4 Å². The van der Waals surface area contributed by atoms with Gasteiger partial charge >= 0.3 is 0 Å². The number of carbonyl (C=O) groups is 2. The molecule has 0 aliphatic carbocycles. The highest BCUT2D eigenvalue weighted by atomic mass is 19.1. The molecule has 2 heterocycles. The average molecular weight is 330 g/mol. The van der Waals surface area contributed by atoms with Gasteiger partial charge in [-0.3, -0.25) is 14.3 Å². The van der Waals surface area contributed by atoms with Crippen molar-refractivity contribution in [2.24, 2.45) is 13.0 Å². The second kappa shape index (κ2) is 6.43. The first kappa shape index (κ1) is 16.2. The van der Waals surface area contributed by atoms with Crippen molar-refractivity contribution in [3.05, 3.63) is 48.0 Å². The molecular formula is C17H19FN4O2. The fourth-order valence-electron chi connectivity index (χ4n) is 3.18. The number of halogens is 1. The van der Waals surface area contributed by atoms with Crippen LogP contribution in [-0.2, 0) is 16.6 Å². The molecule has 0 unspecified atom stereocenters. The summed E-state index contributed by atoms with van der Waals surface area (Å²) in [7, 11) is 3.42. The predicted octanol–water partition coefficient (Wildman–Crippen LogP) is 2.11. The molecule has 1 aliphatic heterocycles. The molecule has 1 fully saturated rings. The Labute approximate surface area is 139 Å². The number of nitrogens with zero attached hydrogens (tertiary/aromatic N) is 3. The second-order valence-electron chi connectivity index (χ2n) is 6.04. The van der Waals surface area contributed by atoms with Crippen LogP contribution in [0.5, 0.6) is 0 Å². The number of aromatic nitrogens is 2. The van der Waals surface area contributed by atoms with Gasteiger partial charge in [0.05, 0.1) is 23.8 Å². The van der Waals surface area contributed by atoms with Crippen molar-refractivity contribution in [2.45, 2.75) is 18.9 Å². The molecule has 6 nitrogen and oxygen atoms in total. The molecule has 0 saturated carbocycles. The molecule has 7 heteroatoms. The predicted molar refractivity (Wildman–Crippen MR) is 86.5 cm³/mol. The van der Waals surface area contributed by atoms with Gasteiger partial charge in [0.15, 0.2) is 0 Å². The summed E-state index contributed by atoms with van der Waals surface area (Å²) >= 11 is 0. The van der Waals surface area contributed by atoms with E-state index >= 15 is 0 Å². The van der Waals surface area contributed by atoms with Gasteiger partial charge in [0.25, 0.3) is 0 Å². The molecule has 0 bridgehead atoms. The molecule has 1 aromatic carbocycles. The Kier molecular flexibility index (Phi) is 4.33. The molecule has 1 aliphatic rings. The summed E-state index contributed by atoms with van der Waals surface area (Å²) in [6.45, 7) is 0. The molecule has 2 atom stereocenters. The minimum absolute atomic E-state index is 0.0466. The summed E-state index contributed by atoms with van der Waals surface area (Å²) in [6.07, 6.45) is 3.99. The number of likely N-dealkylation sites (tertiary alicyclic amines) is 1. The van der Waals surface area contributed by atoms with Gasteiger partial charge in [-0.2, -0.15) is 5.10 Å². The zero-order chi connectivity index (χ0) is 17.3. The van der Waals surface area contributed by atoms with E-state index in [0.29, 0.717) is 24.1 Å². The number of aryl methyl sites for hydroxylation is 1. The maximum Gasteiger partial charge on any atom is 0.230 e. The zero-order valence-electron chi connectivity index (χ0n) is 13.6. The number of piperidine rings is 1. The molecule has 24 heavy (non-hydrogen) atoms. The van der Waals surface area contributed by atoms with Crippen molar-refractivity contribution >= 4 is 17.5 Å². The smallest absolute Gasteiger partial charge is 0.230 e. The van der Waals surface area contributed by atoms with E-state index in [-0.39, 0.29) is 17.6 Å². The van der Waals surface area contributed by atoms with Crippen molar-refractivity contribution < 1.29 is 14.0 Å². The quantitative estimate of drug-likeness (QED) is 0.937. The van der Waals surface area contributed by atoms with Crippen LogP contribution in [0.15, 0.2) is 36.7 Å². The van der Waals surface area contributed by atoms with E-state index in [9.17, 15) is 14.0 Å². The molecule has 126 valence electrons. The van der Waals surface area contributed by atoms with E-state index in [1.54, 1.807) is 43.3 Å². The molecule has 3 rings (SSSR count). The van der Waals surface area contributed by atoms with E-state index in [2.05, 4.69) is 10.4 Å². The fourth-order valence-corrected chi connectivity index (χ4v) is 3.18. The van der Waals surface area contributed by atoms with Gasteiger partial charge in [-0.25, -0.2) is 4.39 Å². The van der Waals surface area contributed by atoms with Crippen LogP contribution < -0.4 is 5.32 Å². The lowest BCUT2D eigenvalue weighted by molar-refractivity contribution is -0.140. The van der Waals surface area contributed by atoms with Gasteiger partial charge in [0.2, 0.25) is 11.8 Å². The zero-order valence-corrected chi connectivity index (χ0v) is 13.6. The van der Waals surface area contributed by atoms with Crippen molar-refractivity contribution in [1.29, 1.82) is 0 Å². The summed E-state index contributed by atoms with van der Waals surface area (Å²) < 4.78 is 15.2. The lowest BCUT2D eigenvalue weighted by Crippen LogP contribution is -2.44. The van der Waals surface area contributed by atoms with E-state index in [1.807, 2.05) is 0 Å². The second-order valence-corrected chi connectivity index (χ2v) is 6.04. The number of carbonyl (C=O) groups excluding carboxylic acids is 2. The third kappa shape index (κ3) is 3.15. The Balaban J connectivity index is 1.88. The SMILES string of the molecule is CN1C(=O)CC[C@H](C(=O)Nc2cnn(C)c2)[C@@H]1c1cccc(F)c1. The van der Waals surface area contributed by atoms with Crippen molar-refractivity contribution in [3.8, 4) is 0 Å². The first-order chi connectivity index (χ1) is 11.5. The Bertz CT molecular complexity index is 773. The summed E-state index contributed by atoms with van der Waals surface area (Å²) in [5.74, 6) is -1.08. The van der Waals surface area contributed by atoms with Crippen LogP contribution in [0.4, 0.5) is 10.1 Å². The van der Waals surface area contributed by atoms with Gasteiger partial charge in [0.1, 0.15) is 5.82 Å². The van der Waals surface area contributed by atoms with Gasteiger partial charge in [-0.1, -0.05) is 12.1 Å². The number of amides is 2. The molecule has 2 amide bonds. The van der Waals surface area contributed by atoms with Gasteiger partial charge in [0, 0.05) is 26.7 Å². The highest BCUT2D eigenvalue weighted by Crippen LogP contribution is 2.36. The van der Waals surface area contributed by atoms with Gasteiger partial charge in [-0.15, -0.1) is 0 Å². The first-order valence-electron chi connectivity index (χ1n) is 7.76. The molecule has 0 spiro atoms. The maximum absolute atomic E-state index is 13.6. The molecule has 1 N–H and O–H groups in total. The maximum atomic E-state index is 13.6. The highest BCUT2D eigenvalue weighted by Gasteiger charge is 2.39. The number of benzene rings is 1. The Hall–Kier alpha value is -2.70. The minimum atomic E-state index is -0.487. The van der Waals surface area contributed by atoms with E-state index in [0.717, 1.165) is 0 Å². The third-order valence-electron chi connectivity index (χ3n) is 4.36. The fraction of sp³-hybridized carbons (Fsp3) is 0.353. The third-order valence-corrected chi connectivity index (χ3v) is 4.36. The van der Waals surface area contributed by atoms with Crippen molar-refractivity contribution in [3.63, 3.8) is 0 Å². The number of nitrogens with one attached hydrogen (secondary N) is 1. The van der Waals surface area contributed by atoms with Crippen LogP contribution in [-0.4, -0.2) is 33.5 Å². The van der Waals surface area contributed by atoms with Crippen LogP contribution in [0.25, 0.3) is 0 Å². The monoisotopic (exact) mass is 330 g/mol. The molecule has 1 aromatic heterocycles. The lowest BCUT2D eigenvalue weighted by atomic mass is 9.84. The molecular weight excluding hydrogens is 311 g/mol. The van der Waals surface area contributed by atoms with Gasteiger partial charge in [-0.05, 0) is 24.1 Å². The van der Waals surface area contributed by atoms with Crippen molar-refractivity contribution in [1.82, 2.24) is 14.7 Å². The molecule has 2 aromatic rings. The largest absolute Gasteiger partial charge is 0.338 e. The lowest BCUT2D eigenvalue weighted by Gasteiger charge is -2.38. The van der Waals surface area contributed by atoms with E-state index in [4.69, 9.17) is 0 Å². The Morgan fingerprint density at radius 3 is 2.83 bits per heavy atom. The topological polar surface area (TPSA) is 67.2 Å². The molecule has 0 radical (unpaired) electrons. The Morgan fingerprint density at radius 2 is 2.17 bits per heavy atom. The minimum Gasteiger partial charge on any atom is -0.338 e. The van der Waals surface area contributed by atoms with Crippen LogP contribution in [0.2, 0.25) is 0 Å². The first-order valence-corrected chi connectivity index (χ1v) is 7.76. The van der Waals surface area contributed by atoms with E-state index in [1.165, 1.54) is 17.0 Å².